The van der Waals surface area contributed by atoms with Gasteiger partial charge in [0.15, 0.2) is 23.0 Å². The molecule has 0 atom stereocenters. The molecular formula is C16H14O6. The van der Waals surface area contributed by atoms with Crippen LogP contribution in [0.5, 0.6) is 28.7 Å². The lowest BCUT2D eigenvalue weighted by Gasteiger charge is -2.07. The van der Waals surface area contributed by atoms with Gasteiger partial charge in [-0.3, -0.25) is 0 Å². The molecule has 0 aliphatic heterocycles. The Morgan fingerprint density at radius 3 is 2.05 bits per heavy atom. The van der Waals surface area contributed by atoms with Crippen molar-refractivity contribution in [2.24, 2.45) is 0 Å². The van der Waals surface area contributed by atoms with Crippen molar-refractivity contribution in [3.63, 3.8) is 0 Å². The number of ether oxygens (including phenoxy) is 2. The smallest absolute Gasteiger partial charge is 0.202 e. The van der Waals surface area contributed by atoms with E-state index in [1.54, 1.807) is 12.1 Å². The van der Waals surface area contributed by atoms with Crippen molar-refractivity contribution < 1.29 is 29.2 Å². The third-order valence-corrected chi connectivity index (χ3v) is 3.37. The molecule has 0 saturated carbocycles. The van der Waals surface area contributed by atoms with E-state index in [0.29, 0.717) is 28.0 Å². The van der Waals surface area contributed by atoms with Crippen molar-refractivity contribution in [1.29, 1.82) is 0 Å². The van der Waals surface area contributed by atoms with Crippen LogP contribution in [0.2, 0.25) is 0 Å². The summed E-state index contributed by atoms with van der Waals surface area (Å²) in [4.78, 5) is 0. The first kappa shape index (κ1) is 13.9. The Labute approximate surface area is 125 Å². The first-order chi connectivity index (χ1) is 10.5. The molecular weight excluding hydrogens is 288 g/mol. The Morgan fingerprint density at radius 1 is 0.818 bits per heavy atom. The second-order valence-corrected chi connectivity index (χ2v) is 4.69. The number of hydrogen-bond acceptors (Lipinski definition) is 6. The number of phenols is 3. The molecule has 6 heteroatoms. The van der Waals surface area contributed by atoms with E-state index < -0.39 is 0 Å². The molecule has 3 rings (SSSR count). The topological polar surface area (TPSA) is 92.3 Å². The zero-order valence-electron chi connectivity index (χ0n) is 12.0. The lowest BCUT2D eigenvalue weighted by Crippen LogP contribution is -1.85. The molecule has 0 aliphatic rings. The molecule has 0 aliphatic carbocycles. The van der Waals surface area contributed by atoms with Gasteiger partial charge in [-0.2, -0.15) is 0 Å². The van der Waals surface area contributed by atoms with Crippen molar-refractivity contribution in [1.82, 2.24) is 0 Å². The van der Waals surface area contributed by atoms with Crippen LogP contribution < -0.4 is 9.47 Å². The van der Waals surface area contributed by atoms with Crippen LogP contribution in [0.4, 0.5) is 0 Å². The molecule has 0 amide bonds. The summed E-state index contributed by atoms with van der Waals surface area (Å²) in [5, 5.41) is 30.1. The van der Waals surface area contributed by atoms with Gasteiger partial charge in [-0.1, -0.05) is 0 Å². The molecule has 0 radical (unpaired) electrons. The highest BCUT2D eigenvalue weighted by Gasteiger charge is 2.17. The number of fused-ring (bicyclic) bond motifs is 1. The van der Waals surface area contributed by atoms with E-state index in [1.807, 2.05) is 0 Å². The second kappa shape index (κ2) is 5.07. The van der Waals surface area contributed by atoms with Crippen LogP contribution >= 0.6 is 0 Å². The summed E-state index contributed by atoms with van der Waals surface area (Å²) in [5.74, 6) is 0.306. The van der Waals surface area contributed by atoms with Gasteiger partial charge in [0.05, 0.1) is 19.6 Å². The summed E-state index contributed by atoms with van der Waals surface area (Å²) in [6, 6.07) is 7.58. The van der Waals surface area contributed by atoms with Crippen molar-refractivity contribution in [2.45, 2.75) is 0 Å². The maximum atomic E-state index is 9.86. The maximum Gasteiger partial charge on any atom is 0.202 e. The Balaban J connectivity index is 2.19. The molecule has 0 bridgehead atoms. The fraction of sp³-hybridized carbons (Fsp3) is 0.125. The second-order valence-electron chi connectivity index (χ2n) is 4.69. The van der Waals surface area contributed by atoms with Gasteiger partial charge in [0.1, 0.15) is 11.3 Å². The Bertz CT molecular complexity index is 826. The molecule has 2 aromatic carbocycles. The first-order valence-electron chi connectivity index (χ1n) is 6.45. The number of hydrogen-bond donors (Lipinski definition) is 3. The molecule has 22 heavy (non-hydrogen) atoms. The number of rotatable bonds is 3. The number of phenolic OH excluding ortho intramolecular Hbond substituents is 3. The van der Waals surface area contributed by atoms with Gasteiger partial charge < -0.3 is 29.2 Å². The fourth-order valence-electron chi connectivity index (χ4n) is 2.38. The Hall–Kier alpha value is -3.02. The van der Waals surface area contributed by atoms with Gasteiger partial charge in [-0.05, 0) is 30.3 Å². The van der Waals surface area contributed by atoms with E-state index >= 15 is 0 Å². The van der Waals surface area contributed by atoms with Crippen molar-refractivity contribution in [3.8, 4) is 40.1 Å². The average molecular weight is 302 g/mol. The molecule has 0 fully saturated rings. The van der Waals surface area contributed by atoms with Crippen LogP contribution in [0.3, 0.4) is 0 Å². The maximum absolute atomic E-state index is 9.86. The molecule has 3 N–H and O–H groups in total. The highest BCUT2D eigenvalue weighted by Crippen LogP contribution is 2.43. The number of aromatic hydroxyl groups is 3. The summed E-state index contributed by atoms with van der Waals surface area (Å²) in [5.41, 5.74) is 0.980. The van der Waals surface area contributed by atoms with Crippen molar-refractivity contribution in [3.05, 3.63) is 30.3 Å². The van der Waals surface area contributed by atoms with E-state index in [0.717, 1.165) is 0 Å². The minimum atomic E-state index is -0.201. The zero-order valence-corrected chi connectivity index (χ0v) is 12.0. The van der Waals surface area contributed by atoms with Gasteiger partial charge >= 0.3 is 0 Å². The normalized spacial score (nSPS) is 10.8. The summed E-state index contributed by atoms with van der Waals surface area (Å²) in [6.45, 7) is 0. The molecule has 6 nitrogen and oxygen atoms in total. The first-order valence-corrected chi connectivity index (χ1v) is 6.45. The lowest BCUT2D eigenvalue weighted by molar-refractivity contribution is 0.345. The van der Waals surface area contributed by atoms with Crippen LogP contribution in [-0.4, -0.2) is 29.5 Å². The molecule has 3 aromatic rings. The number of methoxy groups -OCH3 is 2. The summed E-state index contributed by atoms with van der Waals surface area (Å²) in [7, 11) is 2.80. The van der Waals surface area contributed by atoms with Crippen molar-refractivity contribution in [2.75, 3.05) is 14.2 Å². The van der Waals surface area contributed by atoms with Crippen LogP contribution in [0.25, 0.3) is 22.3 Å². The number of furan rings is 1. The monoisotopic (exact) mass is 302 g/mol. The summed E-state index contributed by atoms with van der Waals surface area (Å²) < 4.78 is 15.7. The largest absolute Gasteiger partial charge is 0.504 e. The van der Waals surface area contributed by atoms with Gasteiger partial charge in [-0.15, -0.1) is 0 Å². The van der Waals surface area contributed by atoms with E-state index in [-0.39, 0.29) is 23.0 Å². The highest BCUT2D eigenvalue weighted by molar-refractivity contribution is 5.90. The average Bonchev–Trinajstić information content (AvgIpc) is 2.91. The van der Waals surface area contributed by atoms with E-state index in [9.17, 15) is 15.3 Å². The molecule has 114 valence electrons. The van der Waals surface area contributed by atoms with Crippen LogP contribution in [0, 0.1) is 0 Å². The van der Waals surface area contributed by atoms with E-state index in [4.69, 9.17) is 13.9 Å². The standard InChI is InChI=1S/C16H14O6/c1-20-15-9-7-14(22-13(9)4-3-10(15)17)8-5-11(18)16(21-2)12(19)6-8/h3-7,17-19H,1-2H3. The number of benzene rings is 2. The van der Waals surface area contributed by atoms with Gasteiger partial charge in [0.25, 0.3) is 0 Å². The Morgan fingerprint density at radius 2 is 1.45 bits per heavy atom. The quantitative estimate of drug-likeness (QED) is 0.688. The fourth-order valence-corrected chi connectivity index (χ4v) is 2.38. The summed E-state index contributed by atoms with van der Waals surface area (Å²) >= 11 is 0. The lowest BCUT2D eigenvalue weighted by atomic mass is 10.1. The van der Waals surface area contributed by atoms with Crippen LogP contribution in [0.15, 0.2) is 34.7 Å². The minimum absolute atomic E-state index is 0.00257. The van der Waals surface area contributed by atoms with Gasteiger partial charge in [0.2, 0.25) is 5.75 Å². The van der Waals surface area contributed by atoms with Crippen LogP contribution in [0.1, 0.15) is 0 Å². The van der Waals surface area contributed by atoms with Gasteiger partial charge in [0, 0.05) is 5.56 Å². The van der Waals surface area contributed by atoms with Gasteiger partial charge in [-0.25, -0.2) is 0 Å². The molecule has 1 heterocycles. The van der Waals surface area contributed by atoms with Crippen LogP contribution in [-0.2, 0) is 0 Å². The Kier molecular flexibility index (Phi) is 3.21. The van der Waals surface area contributed by atoms with Crippen molar-refractivity contribution >= 4 is 11.0 Å². The minimum Gasteiger partial charge on any atom is -0.504 e. The molecule has 0 saturated heterocycles. The van der Waals surface area contributed by atoms with E-state index in [1.165, 1.54) is 32.4 Å². The highest BCUT2D eigenvalue weighted by atomic mass is 16.5. The SMILES string of the molecule is COc1c(O)cc(-c2cc3c(OC)c(O)ccc3o2)cc1O. The molecule has 1 aromatic heterocycles. The third kappa shape index (κ3) is 2.05. The zero-order chi connectivity index (χ0) is 15.9. The summed E-state index contributed by atoms with van der Waals surface area (Å²) in [6.07, 6.45) is 0. The van der Waals surface area contributed by atoms with E-state index in [2.05, 4.69) is 0 Å². The molecule has 0 unspecified atom stereocenters. The predicted octanol–water partition coefficient (Wildman–Crippen LogP) is 3.23. The predicted molar refractivity (Wildman–Crippen MR) is 79.7 cm³/mol. The molecule has 0 spiro atoms. The third-order valence-electron chi connectivity index (χ3n) is 3.37.